The number of aromatic nitrogens is 2. The first kappa shape index (κ1) is 10.8. The van der Waals surface area contributed by atoms with Crippen LogP contribution in [0.25, 0.3) is 0 Å². The fourth-order valence-electron chi connectivity index (χ4n) is 2.01. The predicted octanol–water partition coefficient (Wildman–Crippen LogP) is 1.99. The first-order chi connectivity index (χ1) is 7.65. The molecule has 2 atom stereocenters. The molecule has 1 heterocycles. The number of nitrogens with one attached hydrogen (secondary N) is 1. The highest BCUT2D eigenvalue weighted by atomic mass is 16.6. The van der Waals surface area contributed by atoms with Gasteiger partial charge >= 0.3 is 5.69 Å². The number of anilines is 1. The molecule has 0 spiro atoms. The topological polar surface area (TPSA) is 81.0 Å². The Morgan fingerprint density at radius 2 is 2.12 bits per heavy atom. The molecule has 2 rings (SSSR count). The fourth-order valence-corrected chi connectivity index (χ4v) is 2.01. The Morgan fingerprint density at radius 3 is 2.62 bits per heavy atom. The predicted molar refractivity (Wildman–Crippen MR) is 59.1 cm³/mol. The third-order valence-corrected chi connectivity index (χ3v) is 2.88. The van der Waals surface area contributed by atoms with Crippen molar-refractivity contribution in [2.75, 3.05) is 5.32 Å². The molecule has 1 aromatic heterocycles. The SMILES string of the molecule is CC1CCC(Nc2ncc([N+](=O)[O-])cn2)C1. The van der Waals surface area contributed by atoms with E-state index in [1.807, 2.05) is 0 Å². The monoisotopic (exact) mass is 222 g/mol. The average molecular weight is 222 g/mol. The van der Waals surface area contributed by atoms with Gasteiger partial charge in [-0.25, -0.2) is 9.97 Å². The van der Waals surface area contributed by atoms with E-state index >= 15 is 0 Å². The van der Waals surface area contributed by atoms with E-state index in [0.29, 0.717) is 12.0 Å². The van der Waals surface area contributed by atoms with Gasteiger partial charge in [0, 0.05) is 6.04 Å². The molecule has 2 unspecified atom stereocenters. The van der Waals surface area contributed by atoms with E-state index in [0.717, 1.165) is 18.8 Å². The maximum atomic E-state index is 10.4. The van der Waals surface area contributed by atoms with E-state index in [1.165, 1.54) is 18.8 Å². The summed E-state index contributed by atoms with van der Waals surface area (Å²) in [5, 5.41) is 13.6. The molecule has 1 aliphatic rings. The van der Waals surface area contributed by atoms with Gasteiger partial charge in [-0.3, -0.25) is 10.1 Å². The minimum atomic E-state index is -0.499. The molecule has 86 valence electrons. The van der Waals surface area contributed by atoms with Crippen LogP contribution in [-0.4, -0.2) is 20.9 Å². The van der Waals surface area contributed by atoms with Gasteiger partial charge in [-0.15, -0.1) is 0 Å². The van der Waals surface area contributed by atoms with Crippen LogP contribution in [0.2, 0.25) is 0 Å². The number of nitrogens with zero attached hydrogens (tertiary/aromatic N) is 3. The Labute approximate surface area is 93.3 Å². The molecule has 1 aromatic rings. The lowest BCUT2D eigenvalue weighted by Crippen LogP contribution is -2.17. The third-order valence-electron chi connectivity index (χ3n) is 2.88. The van der Waals surface area contributed by atoms with Gasteiger partial charge in [-0.05, 0) is 25.2 Å². The number of hydrogen-bond donors (Lipinski definition) is 1. The van der Waals surface area contributed by atoms with Crippen LogP contribution in [-0.2, 0) is 0 Å². The quantitative estimate of drug-likeness (QED) is 0.624. The van der Waals surface area contributed by atoms with Crippen LogP contribution in [0.4, 0.5) is 11.6 Å². The van der Waals surface area contributed by atoms with E-state index in [2.05, 4.69) is 22.2 Å². The highest BCUT2D eigenvalue weighted by Gasteiger charge is 2.21. The zero-order valence-corrected chi connectivity index (χ0v) is 9.09. The second-order valence-corrected chi connectivity index (χ2v) is 4.28. The Bertz CT molecular complexity index is 379. The second-order valence-electron chi connectivity index (χ2n) is 4.28. The summed E-state index contributed by atoms with van der Waals surface area (Å²) in [5.74, 6) is 1.21. The van der Waals surface area contributed by atoms with Crippen molar-refractivity contribution in [1.29, 1.82) is 0 Å². The van der Waals surface area contributed by atoms with Crippen LogP contribution in [0.1, 0.15) is 26.2 Å². The van der Waals surface area contributed by atoms with Crippen LogP contribution >= 0.6 is 0 Å². The van der Waals surface area contributed by atoms with Crippen LogP contribution in [0.15, 0.2) is 12.4 Å². The summed E-state index contributed by atoms with van der Waals surface area (Å²) in [6.45, 7) is 2.22. The molecule has 1 aliphatic carbocycles. The minimum Gasteiger partial charge on any atom is -0.351 e. The molecule has 1 fully saturated rings. The lowest BCUT2D eigenvalue weighted by Gasteiger charge is -2.11. The first-order valence-corrected chi connectivity index (χ1v) is 5.38. The molecule has 16 heavy (non-hydrogen) atoms. The Balaban J connectivity index is 1.97. The molecule has 1 N–H and O–H groups in total. The summed E-state index contributed by atoms with van der Waals surface area (Å²) in [7, 11) is 0. The van der Waals surface area contributed by atoms with Crippen LogP contribution in [0, 0.1) is 16.0 Å². The minimum absolute atomic E-state index is 0.0784. The number of hydrogen-bond acceptors (Lipinski definition) is 5. The molecule has 0 radical (unpaired) electrons. The largest absolute Gasteiger partial charge is 0.351 e. The maximum Gasteiger partial charge on any atom is 0.305 e. The lowest BCUT2D eigenvalue weighted by atomic mass is 10.1. The Morgan fingerprint density at radius 1 is 1.44 bits per heavy atom. The zero-order chi connectivity index (χ0) is 11.5. The maximum absolute atomic E-state index is 10.4. The van der Waals surface area contributed by atoms with Gasteiger partial charge in [-0.2, -0.15) is 0 Å². The number of nitro groups is 1. The summed E-state index contributed by atoms with van der Waals surface area (Å²) >= 11 is 0. The highest BCUT2D eigenvalue weighted by molar-refractivity contribution is 5.31. The standard InChI is InChI=1S/C10H14N4O2/c1-7-2-3-8(4-7)13-10-11-5-9(6-12-10)14(15)16/h5-8H,2-4H2,1H3,(H,11,12,13). The fraction of sp³-hybridized carbons (Fsp3) is 0.600. The normalized spacial score (nSPS) is 24.3. The molecular weight excluding hydrogens is 208 g/mol. The smallest absolute Gasteiger partial charge is 0.305 e. The molecule has 1 saturated carbocycles. The molecule has 0 bridgehead atoms. The van der Waals surface area contributed by atoms with E-state index < -0.39 is 4.92 Å². The second kappa shape index (κ2) is 4.42. The summed E-state index contributed by atoms with van der Waals surface area (Å²) in [5.41, 5.74) is -0.0784. The molecule has 0 aliphatic heterocycles. The molecule has 6 heteroatoms. The van der Waals surface area contributed by atoms with Crippen LogP contribution in [0.3, 0.4) is 0 Å². The highest BCUT2D eigenvalue weighted by Crippen LogP contribution is 2.26. The van der Waals surface area contributed by atoms with Crippen molar-refractivity contribution >= 4 is 11.6 Å². The van der Waals surface area contributed by atoms with E-state index in [9.17, 15) is 10.1 Å². The third kappa shape index (κ3) is 2.44. The molecule has 6 nitrogen and oxygen atoms in total. The van der Waals surface area contributed by atoms with E-state index in [4.69, 9.17) is 0 Å². The van der Waals surface area contributed by atoms with Crippen LogP contribution < -0.4 is 5.32 Å². The lowest BCUT2D eigenvalue weighted by molar-refractivity contribution is -0.385. The molecule has 0 amide bonds. The zero-order valence-electron chi connectivity index (χ0n) is 9.09. The van der Waals surface area contributed by atoms with Crippen LogP contribution in [0.5, 0.6) is 0 Å². The van der Waals surface area contributed by atoms with Crippen molar-refractivity contribution < 1.29 is 4.92 Å². The van der Waals surface area contributed by atoms with Gasteiger partial charge in [0.1, 0.15) is 12.4 Å². The Hall–Kier alpha value is -1.72. The van der Waals surface area contributed by atoms with Gasteiger partial charge in [0.2, 0.25) is 5.95 Å². The first-order valence-electron chi connectivity index (χ1n) is 5.38. The molecular formula is C10H14N4O2. The molecule has 0 saturated heterocycles. The Kier molecular flexibility index (Phi) is 2.98. The van der Waals surface area contributed by atoms with Gasteiger partial charge in [0.05, 0.1) is 4.92 Å². The van der Waals surface area contributed by atoms with Crippen molar-refractivity contribution in [3.8, 4) is 0 Å². The van der Waals surface area contributed by atoms with E-state index in [1.54, 1.807) is 0 Å². The van der Waals surface area contributed by atoms with Crippen molar-refractivity contribution in [2.45, 2.75) is 32.2 Å². The van der Waals surface area contributed by atoms with Crippen molar-refractivity contribution in [1.82, 2.24) is 9.97 Å². The number of rotatable bonds is 3. The van der Waals surface area contributed by atoms with Gasteiger partial charge < -0.3 is 5.32 Å². The summed E-state index contributed by atoms with van der Waals surface area (Å²) < 4.78 is 0. The van der Waals surface area contributed by atoms with Crippen molar-refractivity contribution in [3.05, 3.63) is 22.5 Å². The van der Waals surface area contributed by atoms with Gasteiger partial charge in [-0.1, -0.05) is 6.92 Å². The van der Waals surface area contributed by atoms with Gasteiger partial charge in [0.15, 0.2) is 0 Å². The summed E-state index contributed by atoms with van der Waals surface area (Å²) in [6, 6.07) is 0.399. The summed E-state index contributed by atoms with van der Waals surface area (Å²) in [4.78, 5) is 17.8. The molecule has 0 aromatic carbocycles. The van der Waals surface area contributed by atoms with Crippen molar-refractivity contribution in [3.63, 3.8) is 0 Å². The van der Waals surface area contributed by atoms with Gasteiger partial charge in [0.25, 0.3) is 0 Å². The van der Waals surface area contributed by atoms with E-state index in [-0.39, 0.29) is 5.69 Å². The average Bonchev–Trinajstić information content (AvgIpc) is 2.65. The summed E-state index contributed by atoms with van der Waals surface area (Å²) in [6.07, 6.45) is 5.90. The van der Waals surface area contributed by atoms with Crippen molar-refractivity contribution in [2.24, 2.45) is 5.92 Å².